The molecular formula is C20H17FN4O2. The van der Waals surface area contributed by atoms with Crippen LogP contribution >= 0.6 is 0 Å². The van der Waals surface area contributed by atoms with Gasteiger partial charge in [-0.05, 0) is 36.2 Å². The lowest BCUT2D eigenvalue weighted by Crippen LogP contribution is -2.19. The van der Waals surface area contributed by atoms with E-state index in [-0.39, 0.29) is 11.1 Å². The Hall–Kier alpha value is -3.48. The smallest absolute Gasteiger partial charge is 0.262 e. The first-order valence-electron chi connectivity index (χ1n) is 8.56. The Morgan fingerprint density at radius 2 is 1.93 bits per heavy atom. The van der Waals surface area contributed by atoms with E-state index in [1.165, 1.54) is 25.4 Å². The van der Waals surface area contributed by atoms with Crippen molar-refractivity contribution in [2.24, 2.45) is 0 Å². The second-order valence-electron chi connectivity index (χ2n) is 6.21. The highest BCUT2D eigenvalue weighted by atomic mass is 19.1. The minimum absolute atomic E-state index is 0.0213. The Bertz CT molecular complexity index is 1260. The molecule has 0 atom stereocenters. The standard InChI is InChI=1S/C20H17FN4O2/c1-3-25-17-9-12(11-5-7-16(21)14(8-11)19(26)22-2)4-6-13(17)18-15(20(25)27)10-23-24-18/h4-10H,3H2,1-2H3,(H,22,26)(H,23,24). The molecule has 0 saturated heterocycles. The third kappa shape index (κ3) is 2.59. The first kappa shape index (κ1) is 17.0. The molecular weight excluding hydrogens is 347 g/mol. The highest BCUT2D eigenvalue weighted by Gasteiger charge is 2.15. The summed E-state index contributed by atoms with van der Waals surface area (Å²) in [4.78, 5) is 24.6. The van der Waals surface area contributed by atoms with Crippen LogP contribution < -0.4 is 10.9 Å². The lowest BCUT2D eigenvalue weighted by molar-refractivity contribution is 0.0959. The number of fused-ring (bicyclic) bond motifs is 3. The molecule has 2 heterocycles. The third-order valence-corrected chi connectivity index (χ3v) is 4.76. The van der Waals surface area contributed by atoms with Crippen LogP contribution in [-0.4, -0.2) is 27.7 Å². The van der Waals surface area contributed by atoms with E-state index in [1.54, 1.807) is 10.6 Å². The van der Waals surface area contributed by atoms with Crippen molar-refractivity contribution in [2.45, 2.75) is 13.5 Å². The number of halogens is 1. The van der Waals surface area contributed by atoms with Gasteiger partial charge in [0.25, 0.3) is 11.5 Å². The molecule has 6 nitrogen and oxygen atoms in total. The molecule has 0 aliphatic carbocycles. The largest absolute Gasteiger partial charge is 0.355 e. The normalized spacial score (nSPS) is 11.2. The lowest BCUT2D eigenvalue weighted by atomic mass is 10.00. The molecule has 0 saturated carbocycles. The Morgan fingerprint density at radius 3 is 2.67 bits per heavy atom. The van der Waals surface area contributed by atoms with Crippen molar-refractivity contribution >= 4 is 27.7 Å². The van der Waals surface area contributed by atoms with Gasteiger partial charge in [0.2, 0.25) is 0 Å². The predicted octanol–water partition coefficient (Wildman–Crippen LogP) is 3.06. The summed E-state index contributed by atoms with van der Waals surface area (Å²) in [6.45, 7) is 2.41. The Labute approximate surface area is 153 Å². The summed E-state index contributed by atoms with van der Waals surface area (Å²) in [6.07, 6.45) is 1.53. The molecule has 2 aromatic carbocycles. The summed E-state index contributed by atoms with van der Waals surface area (Å²) in [5, 5.41) is 10.7. The monoisotopic (exact) mass is 364 g/mol. The minimum Gasteiger partial charge on any atom is -0.355 e. The summed E-state index contributed by atoms with van der Waals surface area (Å²) >= 11 is 0. The number of aromatic nitrogens is 3. The topological polar surface area (TPSA) is 79.8 Å². The van der Waals surface area contributed by atoms with E-state index >= 15 is 0 Å². The molecule has 4 aromatic rings. The van der Waals surface area contributed by atoms with Gasteiger partial charge in [0, 0.05) is 19.0 Å². The molecule has 0 aliphatic rings. The van der Waals surface area contributed by atoms with Gasteiger partial charge in [0.15, 0.2) is 0 Å². The maximum absolute atomic E-state index is 14.0. The molecule has 1 amide bonds. The van der Waals surface area contributed by atoms with Gasteiger partial charge in [0.1, 0.15) is 5.82 Å². The van der Waals surface area contributed by atoms with Gasteiger partial charge in [-0.3, -0.25) is 14.7 Å². The fourth-order valence-electron chi connectivity index (χ4n) is 3.38. The number of H-pyrrole nitrogens is 1. The summed E-state index contributed by atoms with van der Waals surface area (Å²) in [5.41, 5.74) is 2.78. The molecule has 4 rings (SSSR count). The molecule has 2 aromatic heterocycles. The van der Waals surface area contributed by atoms with Crippen LogP contribution in [0.4, 0.5) is 4.39 Å². The van der Waals surface area contributed by atoms with Gasteiger partial charge < -0.3 is 9.88 Å². The molecule has 2 N–H and O–H groups in total. The van der Waals surface area contributed by atoms with Crippen molar-refractivity contribution in [1.82, 2.24) is 20.1 Å². The maximum atomic E-state index is 14.0. The number of nitrogens with zero attached hydrogens (tertiary/aromatic N) is 2. The zero-order chi connectivity index (χ0) is 19.1. The van der Waals surface area contributed by atoms with Crippen molar-refractivity contribution in [3.05, 3.63) is 64.3 Å². The molecule has 0 aliphatic heterocycles. The number of hydrogen-bond acceptors (Lipinski definition) is 3. The average Bonchev–Trinajstić information content (AvgIpc) is 3.18. The van der Waals surface area contributed by atoms with Gasteiger partial charge in [-0.15, -0.1) is 0 Å². The molecule has 0 radical (unpaired) electrons. The number of rotatable bonds is 3. The molecule has 0 unspecified atom stereocenters. The van der Waals surface area contributed by atoms with E-state index < -0.39 is 11.7 Å². The molecule has 0 bridgehead atoms. The molecule has 7 heteroatoms. The van der Waals surface area contributed by atoms with Gasteiger partial charge in [-0.2, -0.15) is 5.10 Å². The van der Waals surface area contributed by atoms with Crippen molar-refractivity contribution in [1.29, 1.82) is 0 Å². The molecule has 27 heavy (non-hydrogen) atoms. The first-order valence-corrected chi connectivity index (χ1v) is 8.56. The molecule has 0 spiro atoms. The Kier molecular flexibility index (Phi) is 3.99. The van der Waals surface area contributed by atoms with Crippen LogP contribution in [0.1, 0.15) is 17.3 Å². The van der Waals surface area contributed by atoms with E-state index in [0.717, 1.165) is 16.5 Å². The Morgan fingerprint density at radius 1 is 1.19 bits per heavy atom. The number of aromatic amines is 1. The third-order valence-electron chi connectivity index (χ3n) is 4.76. The summed E-state index contributed by atoms with van der Waals surface area (Å²) in [6, 6.07) is 10.1. The van der Waals surface area contributed by atoms with E-state index in [0.29, 0.717) is 23.0 Å². The second-order valence-corrected chi connectivity index (χ2v) is 6.21. The highest BCUT2D eigenvalue weighted by Crippen LogP contribution is 2.28. The average molecular weight is 364 g/mol. The fraction of sp³-hybridized carbons (Fsp3) is 0.150. The number of aryl methyl sites for hydroxylation is 1. The number of carbonyl (C=O) groups is 1. The maximum Gasteiger partial charge on any atom is 0.262 e. The van der Waals surface area contributed by atoms with Crippen LogP contribution in [0.2, 0.25) is 0 Å². The zero-order valence-corrected chi connectivity index (χ0v) is 14.8. The quantitative estimate of drug-likeness (QED) is 0.586. The van der Waals surface area contributed by atoms with E-state index in [2.05, 4.69) is 15.5 Å². The fourth-order valence-corrected chi connectivity index (χ4v) is 3.38. The van der Waals surface area contributed by atoms with Gasteiger partial charge in [-0.25, -0.2) is 4.39 Å². The number of hydrogen-bond donors (Lipinski definition) is 2. The second kappa shape index (κ2) is 6.35. The van der Waals surface area contributed by atoms with E-state index in [4.69, 9.17) is 0 Å². The number of pyridine rings is 1. The number of amides is 1. The van der Waals surface area contributed by atoms with Gasteiger partial charge in [0.05, 0.1) is 28.2 Å². The summed E-state index contributed by atoms with van der Waals surface area (Å²) < 4.78 is 15.6. The zero-order valence-electron chi connectivity index (χ0n) is 14.8. The van der Waals surface area contributed by atoms with Crippen LogP contribution in [-0.2, 0) is 6.54 Å². The van der Waals surface area contributed by atoms with Crippen LogP contribution in [0, 0.1) is 5.82 Å². The van der Waals surface area contributed by atoms with E-state index in [9.17, 15) is 14.0 Å². The lowest BCUT2D eigenvalue weighted by Gasteiger charge is -2.12. The van der Waals surface area contributed by atoms with Gasteiger partial charge >= 0.3 is 0 Å². The Balaban J connectivity index is 1.98. The predicted molar refractivity (Wildman–Crippen MR) is 102 cm³/mol. The van der Waals surface area contributed by atoms with Crippen LogP contribution in [0.15, 0.2) is 47.4 Å². The van der Waals surface area contributed by atoms with Crippen LogP contribution in [0.5, 0.6) is 0 Å². The highest BCUT2D eigenvalue weighted by molar-refractivity contribution is 6.04. The number of benzene rings is 2. The van der Waals surface area contributed by atoms with Gasteiger partial charge in [-0.1, -0.05) is 18.2 Å². The number of carbonyl (C=O) groups excluding carboxylic acids is 1. The van der Waals surface area contributed by atoms with Crippen LogP contribution in [0.3, 0.4) is 0 Å². The van der Waals surface area contributed by atoms with E-state index in [1.807, 2.05) is 25.1 Å². The van der Waals surface area contributed by atoms with Crippen LogP contribution in [0.25, 0.3) is 32.9 Å². The number of nitrogens with one attached hydrogen (secondary N) is 2. The van der Waals surface area contributed by atoms with Crippen molar-refractivity contribution in [3.63, 3.8) is 0 Å². The van der Waals surface area contributed by atoms with Crippen molar-refractivity contribution in [2.75, 3.05) is 7.05 Å². The SMILES string of the molecule is CCn1c(=O)c2cn[nH]c2c2ccc(-c3ccc(F)c(C(=O)NC)c3)cc21. The van der Waals surface area contributed by atoms with Crippen molar-refractivity contribution < 1.29 is 9.18 Å². The summed E-state index contributed by atoms with van der Waals surface area (Å²) in [7, 11) is 1.46. The minimum atomic E-state index is -0.580. The summed E-state index contributed by atoms with van der Waals surface area (Å²) in [5.74, 6) is -1.07. The molecule has 0 fully saturated rings. The first-order chi connectivity index (χ1) is 13.0. The van der Waals surface area contributed by atoms with Crippen molar-refractivity contribution in [3.8, 4) is 11.1 Å². The molecule has 136 valence electrons.